The van der Waals surface area contributed by atoms with Crippen molar-refractivity contribution in [2.45, 2.75) is 6.17 Å². The van der Waals surface area contributed by atoms with Gasteiger partial charge in [0.25, 0.3) is 0 Å². The SMILES string of the molecule is O=C(O)c1ccc(C2Nc3c(c4cccnc4c4ncccc34)N2)cc1.[Ru].c1ccc2nc3c(cc2c1)c1cccnc1c1ncccc31.c1ccc2nc3c4cccnc4c4ncccc4c3nc2c1. The minimum Gasteiger partial charge on any atom is -0.478 e. The second-order valence-corrected chi connectivity index (χ2v) is 16.8. The maximum absolute atomic E-state index is 11.1. The van der Waals surface area contributed by atoms with Crippen LogP contribution < -0.4 is 10.6 Å². The summed E-state index contributed by atoms with van der Waals surface area (Å²) in [6, 6.07) is 49.1. The molecule has 14 heteroatoms. The van der Waals surface area contributed by atoms with Gasteiger partial charge in [0, 0.05) is 99.7 Å². The quantitative estimate of drug-likeness (QED) is 0.0847. The van der Waals surface area contributed by atoms with E-state index >= 15 is 0 Å². The third-order valence-corrected chi connectivity index (χ3v) is 12.7. The van der Waals surface area contributed by atoms with E-state index in [1.165, 1.54) is 0 Å². The molecule has 8 aromatic heterocycles. The van der Waals surface area contributed by atoms with Crippen molar-refractivity contribution in [3.8, 4) is 0 Å². The van der Waals surface area contributed by atoms with Gasteiger partial charge in [-0.25, -0.2) is 19.7 Å². The normalized spacial score (nSPS) is 12.1. The zero-order valence-corrected chi connectivity index (χ0v) is 38.9. The molecule has 3 N–H and O–H groups in total. The number of benzene rings is 6. The molecule has 0 aliphatic carbocycles. The molecule has 0 radical (unpaired) electrons. The summed E-state index contributed by atoms with van der Waals surface area (Å²) >= 11 is 0. The topological polar surface area (TPSA) is 177 Å². The predicted molar refractivity (Wildman–Crippen MR) is 278 cm³/mol. The molecule has 1 aliphatic rings. The van der Waals surface area contributed by atoms with Crippen LogP contribution >= 0.6 is 0 Å². The summed E-state index contributed by atoms with van der Waals surface area (Å²) in [4.78, 5) is 52.7. The molecular formula is C57H35N11O2Ru. The van der Waals surface area contributed by atoms with Crippen molar-refractivity contribution >= 4 is 127 Å². The first-order valence-electron chi connectivity index (χ1n) is 22.6. The summed E-state index contributed by atoms with van der Waals surface area (Å²) < 4.78 is 0. The maximum atomic E-state index is 11.1. The van der Waals surface area contributed by atoms with Crippen molar-refractivity contribution in [1.29, 1.82) is 0 Å². The Labute approximate surface area is 415 Å². The molecular weight excluding hydrogens is 972 g/mol. The number of para-hydroxylation sites is 3. The number of carboxylic acids is 1. The van der Waals surface area contributed by atoms with E-state index < -0.39 is 5.97 Å². The van der Waals surface area contributed by atoms with E-state index in [0.29, 0.717) is 0 Å². The molecule has 13 nitrogen and oxygen atoms in total. The fraction of sp³-hybridized carbons (Fsp3) is 0.0175. The second-order valence-electron chi connectivity index (χ2n) is 16.8. The van der Waals surface area contributed by atoms with Gasteiger partial charge in [0.2, 0.25) is 0 Å². The molecule has 6 aromatic carbocycles. The Morgan fingerprint density at radius 3 is 1.24 bits per heavy atom. The largest absolute Gasteiger partial charge is 0.478 e. The zero-order valence-electron chi connectivity index (χ0n) is 37.2. The number of aromatic nitrogens is 9. The third kappa shape index (κ3) is 7.36. The fourth-order valence-corrected chi connectivity index (χ4v) is 9.54. The average Bonchev–Trinajstić information content (AvgIpc) is 3.89. The van der Waals surface area contributed by atoms with Crippen LogP contribution in [0.2, 0.25) is 0 Å². The first kappa shape index (κ1) is 43.1. The van der Waals surface area contributed by atoms with E-state index in [4.69, 9.17) is 20.1 Å². The van der Waals surface area contributed by atoms with Gasteiger partial charge < -0.3 is 15.7 Å². The first-order chi connectivity index (χ1) is 34.6. The molecule has 0 saturated carbocycles. The first-order valence-corrected chi connectivity index (χ1v) is 22.6. The van der Waals surface area contributed by atoms with Crippen molar-refractivity contribution < 1.29 is 29.4 Å². The Kier molecular flexibility index (Phi) is 10.7. The molecule has 0 atom stereocenters. The number of fused-ring (bicyclic) bond motifs is 20. The zero-order chi connectivity index (χ0) is 46.7. The molecule has 14 aromatic rings. The van der Waals surface area contributed by atoms with Crippen LogP contribution in [0, 0.1) is 0 Å². The standard InChI is InChI=1S/C20H14N4O2.C19H11N3.C18H10N4.Ru/c25-20(26)12-7-5-11(6-8-12)19-23-17-13-3-1-9-21-15(13)16-14(18(17)24-19)4-2-10-22-16;1-2-8-16-12(5-1)11-15-13-6-3-9-20-18(13)19-14(17(15)22-16)7-4-10-21-19;1-2-8-14-13(7-1)21-17-11-5-3-9-19-15(11)16-12(18(17)22-14)6-4-10-20-16;/h1-10,19,23-24H,(H,25,26);1-11H;1-10H;. The molecule has 9 heterocycles. The molecule has 0 unspecified atom stereocenters. The van der Waals surface area contributed by atoms with E-state index in [9.17, 15) is 4.79 Å². The second kappa shape index (κ2) is 17.7. The van der Waals surface area contributed by atoms with Crippen LogP contribution in [0.4, 0.5) is 11.4 Å². The minimum atomic E-state index is -0.929. The number of aromatic carboxylic acids is 1. The molecule has 71 heavy (non-hydrogen) atoms. The van der Waals surface area contributed by atoms with Crippen molar-refractivity contribution in [1.82, 2.24) is 44.9 Å². The van der Waals surface area contributed by atoms with Gasteiger partial charge >= 0.3 is 5.97 Å². The van der Waals surface area contributed by atoms with E-state index in [1.54, 1.807) is 36.9 Å². The molecule has 0 bridgehead atoms. The average molecular weight is 1010 g/mol. The van der Waals surface area contributed by atoms with Gasteiger partial charge in [0.05, 0.1) is 83.1 Å². The summed E-state index contributed by atoms with van der Waals surface area (Å²) in [5.74, 6) is -0.929. The van der Waals surface area contributed by atoms with E-state index in [0.717, 1.165) is 126 Å². The van der Waals surface area contributed by atoms with Gasteiger partial charge in [-0.05, 0) is 109 Å². The van der Waals surface area contributed by atoms with Crippen LogP contribution in [0.1, 0.15) is 22.1 Å². The van der Waals surface area contributed by atoms with Crippen molar-refractivity contribution in [3.63, 3.8) is 0 Å². The number of pyridine rings is 7. The van der Waals surface area contributed by atoms with E-state index in [-0.39, 0.29) is 31.2 Å². The number of hydrogen-bond donors (Lipinski definition) is 3. The Hall–Kier alpha value is -9.26. The molecule has 0 saturated heterocycles. The molecule has 0 fully saturated rings. The van der Waals surface area contributed by atoms with Gasteiger partial charge in [-0.2, -0.15) is 0 Å². The van der Waals surface area contributed by atoms with Gasteiger partial charge in [-0.3, -0.25) is 29.9 Å². The summed E-state index contributed by atoms with van der Waals surface area (Å²) in [7, 11) is 0. The number of nitrogens with zero attached hydrogens (tertiary/aromatic N) is 9. The summed E-state index contributed by atoms with van der Waals surface area (Å²) in [5, 5.41) is 24.5. The number of anilines is 2. The van der Waals surface area contributed by atoms with Crippen molar-refractivity contribution in [2.75, 3.05) is 10.6 Å². The Balaban J connectivity index is 0.000000109. The van der Waals surface area contributed by atoms with Crippen LogP contribution in [-0.4, -0.2) is 55.9 Å². The van der Waals surface area contributed by atoms with Gasteiger partial charge in [-0.15, -0.1) is 0 Å². The van der Waals surface area contributed by atoms with Crippen molar-refractivity contribution in [3.05, 3.63) is 200 Å². The fourth-order valence-electron chi connectivity index (χ4n) is 9.54. The summed E-state index contributed by atoms with van der Waals surface area (Å²) in [6.45, 7) is 0. The van der Waals surface area contributed by atoms with Crippen LogP contribution in [0.15, 0.2) is 189 Å². The molecule has 15 rings (SSSR count). The Morgan fingerprint density at radius 2 is 0.761 bits per heavy atom. The summed E-state index contributed by atoms with van der Waals surface area (Å²) in [5.41, 5.74) is 14.0. The van der Waals surface area contributed by atoms with Gasteiger partial charge in [0.1, 0.15) is 6.17 Å². The van der Waals surface area contributed by atoms with Crippen LogP contribution in [0.25, 0.3) is 109 Å². The number of rotatable bonds is 2. The summed E-state index contributed by atoms with van der Waals surface area (Å²) in [6.07, 6.45) is 10.6. The maximum Gasteiger partial charge on any atom is 0.335 e. The monoisotopic (exact) mass is 1010 g/mol. The third-order valence-electron chi connectivity index (χ3n) is 12.7. The molecule has 338 valence electrons. The molecule has 0 spiro atoms. The van der Waals surface area contributed by atoms with Crippen molar-refractivity contribution in [2.24, 2.45) is 0 Å². The molecule has 1 aliphatic heterocycles. The smallest absolute Gasteiger partial charge is 0.335 e. The van der Waals surface area contributed by atoms with Gasteiger partial charge in [0.15, 0.2) is 0 Å². The minimum absolute atomic E-state index is 0. The number of nitrogens with one attached hydrogen (secondary N) is 2. The van der Waals surface area contributed by atoms with E-state index in [1.807, 2.05) is 128 Å². The van der Waals surface area contributed by atoms with E-state index in [2.05, 4.69) is 64.8 Å². The Morgan fingerprint density at radius 1 is 0.380 bits per heavy atom. The number of hydrogen-bond acceptors (Lipinski definition) is 12. The molecule has 0 amide bonds. The van der Waals surface area contributed by atoms with Crippen LogP contribution in [0.3, 0.4) is 0 Å². The number of carbonyl (C=O) groups is 1. The van der Waals surface area contributed by atoms with Crippen LogP contribution in [0.5, 0.6) is 0 Å². The number of carboxylic acid groups (broad SMARTS) is 1. The van der Waals surface area contributed by atoms with Gasteiger partial charge in [-0.1, -0.05) is 48.5 Å². The Bertz CT molecular complexity index is 4000. The predicted octanol–water partition coefficient (Wildman–Crippen LogP) is 12.4. The van der Waals surface area contributed by atoms with Crippen LogP contribution in [-0.2, 0) is 19.5 Å².